The van der Waals surface area contributed by atoms with Gasteiger partial charge in [-0.15, -0.1) is 0 Å². The molecule has 1 N–H and O–H groups in total. The van der Waals surface area contributed by atoms with E-state index in [0.717, 1.165) is 11.8 Å². The summed E-state index contributed by atoms with van der Waals surface area (Å²) in [4.78, 5) is 25.0. The zero-order valence-corrected chi connectivity index (χ0v) is 20.1. The van der Waals surface area contributed by atoms with Gasteiger partial charge in [0.25, 0.3) is 5.91 Å². The van der Waals surface area contributed by atoms with E-state index in [4.69, 9.17) is 17.3 Å². The number of alkyl halides is 6. The predicted octanol–water partition coefficient (Wildman–Crippen LogP) is 7.24. The van der Waals surface area contributed by atoms with Gasteiger partial charge in [-0.25, -0.2) is 0 Å². The Hall–Kier alpha value is -2.86. The number of benzene rings is 2. The summed E-state index contributed by atoms with van der Waals surface area (Å²) in [7, 11) is 0. The first-order chi connectivity index (χ1) is 16.8. The Morgan fingerprint density at radius 1 is 0.944 bits per heavy atom. The second kappa shape index (κ2) is 11.0. The SMILES string of the molecule is O=C(O)CCCCCN1C(=O)C(=Cc2cccc(-c3cc(C(F)(F)F)cc(C(F)(F)F)c3)c2)SC1=S. The smallest absolute Gasteiger partial charge is 0.416 e. The van der Waals surface area contributed by atoms with Crippen molar-refractivity contribution in [1.29, 1.82) is 0 Å². The highest BCUT2D eigenvalue weighted by Crippen LogP contribution is 2.39. The van der Waals surface area contributed by atoms with Gasteiger partial charge < -0.3 is 5.11 Å². The molecule has 12 heteroatoms. The van der Waals surface area contributed by atoms with Crippen LogP contribution >= 0.6 is 24.0 Å². The number of aliphatic carboxylic acids is 1. The number of carbonyl (C=O) groups is 2. The lowest BCUT2D eigenvalue weighted by Crippen LogP contribution is -2.29. The van der Waals surface area contributed by atoms with Crippen LogP contribution in [0.25, 0.3) is 17.2 Å². The number of rotatable bonds is 8. The fourth-order valence-corrected chi connectivity index (χ4v) is 4.81. The molecule has 36 heavy (non-hydrogen) atoms. The van der Waals surface area contributed by atoms with E-state index in [1.165, 1.54) is 29.2 Å². The molecule has 2 aromatic carbocycles. The van der Waals surface area contributed by atoms with Gasteiger partial charge >= 0.3 is 18.3 Å². The summed E-state index contributed by atoms with van der Waals surface area (Å²) < 4.78 is 79.7. The average molecular weight is 548 g/mol. The lowest BCUT2D eigenvalue weighted by atomic mass is 9.97. The van der Waals surface area contributed by atoms with Gasteiger partial charge in [0.05, 0.1) is 16.0 Å². The molecule has 1 aliphatic rings. The van der Waals surface area contributed by atoms with Crippen molar-refractivity contribution in [3.8, 4) is 11.1 Å². The summed E-state index contributed by atoms with van der Waals surface area (Å²) in [6.07, 6.45) is -6.79. The Bertz CT molecular complexity index is 1170. The van der Waals surface area contributed by atoms with Crippen molar-refractivity contribution >= 4 is 46.3 Å². The monoisotopic (exact) mass is 547 g/mol. The molecule has 0 unspecified atom stereocenters. The summed E-state index contributed by atoms with van der Waals surface area (Å²) in [5.41, 5.74) is -2.57. The molecule has 0 atom stereocenters. The summed E-state index contributed by atoms with van der Waals surface area (Å²) in [6, 6.07) is 7.19. The predicted molar refractivity (Wildman–Crippen MR) is 128 cm³/mol. The number of nitrogens with zero attached hydrogens (tertiary/aromatic N) is 1. The highest BCUT2D eigenvalue weighted by Gasteiger charge is 2.37. The number of carboxylic acid groups (broad SMARTS) is 1. The summed E-state index contributed by atoms with van der Waals surface area (Å²) in [5, 5.41) is 8.68. The van der Waals surface area contributed by atoms with Crippen LogP contribution in [0.4, 0.5) is 26.3 Å². The summed E-state index contributed by atoms with van der Waals surface area (Å²) in [6.45, 7) is 0.312. The Morgan fingerprint density at radius 3 is 2.17 bits per heavy atom. The third kappa shape index (κ3) is 7.10. The quantitative estimate of drug-likeness (QED) is 0.163. The van der Waals surface area contributed by atoms with Crippen LogP contribution < -0.4 is 0 Å². The van der Waals surface area contributed by atoms with Gasteiger partial charge in [0.2, 0.25) is 0 Å². The van der Waals surface area contributed by atoms with E-state index in [0.29, 0.717) is 47.8 Å². The Morgan fingerprint density at radius 2 is 1.58 bits per heavy atom. The van der Waals surface area contributed by atoms with Crippen LogP contribution in [0, 0.1) is 0 Å². The van der Waals surface area contributed by atoms with E-state index >= 15 is 0 Å². The number of amides is 1. The maximum absolute atomic E-state index is 13.2. The Kier molecular flexibility index (Phi) is 8.50. The summed E-state index contributed by atoms with van der Waals surface area (Å²) >= 11 is 6.29. The second-order valence-electron chi connectivity index (χ2n) is 7.96. The van der Waals surface area contributed by atoms with Gasteiger partial charge in [-0.1, -0.05) is 48.6 Å². The number of halogens is 6. The number of thiocarbonyl (C=S) groups is 1. The standard InChI is InChI=1S/C24H19F6NO3S2/c25-23(26,27)17-11-16(12-18(13-17)24(28,29)30)15-6-4-5-14(9-15)10-19-21(34)31(22(35)36-19)8-3-1-2-7-20(32)33/h4-6,9-13H,1-3,7-8H2,(H,32,33). The minimum absolute atomic E-state index is 0.0327. The van der Waals surface area contributed by atoms with Crippen molar-refractivity contribution in [2.75, 3.05) is 6.54 Å². The molecule has 0 spiro atoms. The van der Waals surface area contributed by atoms with E-state index < -0.39 is 29.4 Å². The molecule has 1 amide bonds. The highest BCUT2D eigenvalue weighted by atomic mass is 32.2. The number of unbranched alkanes of at least 4 members (excludes halogenated alkanes) is 2. The van der Waals surface area contributed by atoms with Crippen molar-refractivity contribution in [3.63, 3.8) is 0 Å². The molecule has 2 aromatic rings. The molecule has 1 aliphatic heterocycles. The fourth-order valence-electron chi connectivity index (χ4n) is 3.50. The van der Waals surface area contributed by atoms with Crippen LogP contribution in [-0.4, -0.2) is 32.7 Å². The Balaban J connectivity index is 1.83. The van der Waals surface area contributed by atoms with Crippen LogP contribution in [0.1, 0.15) is 42.4 Å². The maximum Gasteiger partial charge on any atom is 0.416 e. The van der Waals surface area contributed by atoms with Gasteiger partial charge in [0, 0.05) is 13.0 Å². The van der Waals surface area contributed by atoms with E-state index in [-0.39, 0.29) is 34.4 Å². The van der Waals surface area contributed by atoms with Crippen LogP contribution in [-0.2, 0) is 21.9 Å². The molecule has 0 aromatic heterocycles. The molecule has 0 aliphatic carbocycles. The first-order valence-corrected chi connectivity index (χ1v) is 11.9. The van der Waals surface area contributed by atoms with Gasteiger partial charge in [0.1, 0.15) is 4.32 Å². The molecule has 0 radical (unpaired) electrons. The number of thioether (sulfide) groups is 1. The number of carboxylic acids is 1. The van der Waals surface area contributed by atoms with Crippen molar-refractivity contribution in [1.82, 2.24) is 4.90 Å². The van der Waals surface area contributed by atoms with Crippen LogP contribution in [0.15, 0.2) is 47.4 Å². The van der Waals surface area contributed by atoms with E-state index in [9.17, 15) is 35.9 Å². The normalized spacial score (nSPS) is 15.7. The number of hydrogen-bond acceptors (Lipinski definition) is 4. The second-order valence-corrected chi connectivity index (χ2v) is 9.63. The zero-order chi connectivity index (χ0) is 26.7. The molecule has 1 fully saturated rings. The first kappa shape index (κ1) is 27.7. The third-order valence-corrected chi connectivity index (χ3v) is 6.63. The van der Waals surface area contributed by atoms with Crippen molar-refractivity contribution < 1.29 is 41.0 Å². The fraction of sp³-hybridized carbons (Fsp3) is 0.292. The first-order valence-electron chi connectivity index (χ1n) is 10.6. The summed E-state index contributed by atoms with van der Waals surface area (Å²) in [5.74, 6) is -1.27. The number of hydrogen-bond donors (Lipinski definition) is 1. The molecule has 0 saturated carbocycles. The van der Waals surface area contributed by atoms with Gasteiger partial charge in [-0.05, 0) is 59.9 Å². The highest BCUT2D eigenvalue weighted by molar-refractivity contribution is 8.26. The third-order valence-electron chi connectivity index (χ3n) is 5.25. The van der Waals surface area contributed by atoms with Crippen LogP contribution in [0.2, 0.25) is 0 Å². The van der Waals surface area contributed by atoms with Crippen molar-refractivity contribution in [3.05, 3.63) is 64.1 Å². The van der Waals surface area contributed by atoms with E-state index in [2.05, 4.69) is 0 Å². The number of carbonyl (C=O) groups excluding carboxylic acids is 1. The minimum Gasteiger partial charge on any atom is -0.481 e. The van der Waals surface area contributed by atoms with E-state index in [1.807, 2.05) is 0 Å². The molecular formula is C24H19F6NO3S2. The lowest BCUT2D eigenvalue weighted by molar-refractivity contribution is -0.143. The van der Waals surface area contributed by atoms with Crippen molar-refractivity contribution in [2.45, 2.75) is 38.0 Å². The van der Waals surface area contributed by atoms with Gasteiger partial charge in [-0.2, -0.15) is 26.3 Å². The zero-order valence-electron chi connectivity index (χ0n) is 18.4. The minimum atomic E-state index is -4.96. The molecule has 0 bridgehead atoms. The molecule has 192 valence electrons. The largest absolute Gasteiger partial charge is 0.481 e. The van der Waals surface area contributed by atoms with Crippen molar-refractivity contribution in [2.24, 2.45) is 0 Å². The molecule has 1 heterocycles. The molecular weight excluding hydrogens is 528 g/mol. The Labute approximate surface area is 212 Å². The lowest BCUT2D eigenvalue weighted by Gasteiger charge is -2.14. The van der Waals surface area contributed by atoms with E-state index in [1.54, 1.807) is 6.07 Å². The maximum atomic E-state index is 13.2. The molecule has 3 rings (SSSR count). The van der Waals surface area contributed by atoms with Crippen LogP contribution in [0.3, 0.4) is 0 Å². The topological polar surface area (TPSA) is 57.6 Å². The van der Waals surface area contributed by atoms with Crippen LogP contribution in [0.5, 0.6) is 0 Å². The van der Waals surface area contributed by atoms with Gasteiger partial charge in [-0.3, -0.25) is 14.5 Å². The average Bonchev–Trinajstić information content (AvgIpc) is 3.04. The molecule has 4 nitrogen and oxygen atoms in total. The molecule has 1 saturated heterocycles. The van der Waals surface area contributed by atoms with Gasteiger partial charge in [0.15, 0.2) is 0 Å².